The van der Waals surface area contributed by atoms with Gasteiger partial charge >= 0.3 is 0 Å². The summed E-state index contributed by atoms with van der Waals surface area (Å²) in [5, 5.41) is 1.92. The monoisotopic (exact) mass is 391 g/mol. The highest BCUT2D eigenvalue weighted by molar-refractivity contribution is 9.09. The van der Waals surface area contributed by atoms with Crippen LogP contribution in [0.4, 0.5) is 0 Å². The molecule has 0 saturated heterocycles. The summed E-state index contributed by atoms with van der Waals surface area (Å²) < 4.78 is 5.50. The fourth-order valence-electron chi connectivity index (χ4n) is 2.23. The number of hydrogen-bond acceptors (Lipinski definition) is 2. The smallest absolute Gasteiger partial charge is 0.128 e. The lowest BCUT2D eigenvalue weighted by molar-refractivity contribution is 0.264. The third-order valence-electron chi connectivity index (χ3n) is 4.03. The molecular formula is C15H23Br2NO. The molecule has 1 rings (SSSR count). The average Bonchev–Trinajstić information content (AvgIpc) is 2.39. The molecule has 0 bridgehead atoms. The van der Waals surface area contributed by atoms with Crippen molar-refractivity contribution in [3.63, 3.8) is 0 Å². The Bertz CT molecular complexity index is 428. The van der Waals surface area contributed by atoms with Crippen LogP contribution in [0.25, 0.3) is 0 Å². The molecule has 0 aliphatic heterocycles. The number of alkyl halides is 2. The van der Waals surface area contributed by atoms with Crippen molar-refractivity contribution in [1.29, 1.82) is 0 Å². The first-order chi connectivity index (χ1) is 8.91. The predicted molar refractivity (Wildman–Crippen MR) is 88.8 cm³/mol. The number of nitrogens with zero attached hydrogens (tertiary/aromatic N) is 1. The lowest BCUT2D eigenvalue weighted by Gasteiger charge is -2.34. The Labute approximate surface area is 133 Å². The highest BCUT2D eigenvalue weighted by Gasteiger charge is 2.33. The van der Waals surface area contributed by atoms with Crippen LogP contribution in [-0.4, -0.2) is 22.8 Å². The fourth-order valence-corrected chi connectivity index (χ4v) is 4.85. The lowest BCUT2D eigenvalue weighted by Crippen LogP contribution is -2.34. The zero-order chi connectivity index (χ0) is 14.6. The fraction of sp³-hybridized carbons (Fsp3) is 0.667. The quantitative estimate of drug-likeness (QED) is 0.655. The van der Waals surface area contributed by atoms with E-state index in [1.54, 1.807) is 7.11 Å². The summed E-state index contributed by atoms with van der Waals surface area (Å²) in [5.74, 6) is 1.53. The summed E-state index contributed by atoms with van der Waals surface area (Å²) in [6.45, 7) is 8.67. The van der Waals surface area contributed by atoms with Crippen LogP contribution < -0.4 is 4.74 Å². The number of hydrogen-bond donors (Lipinski definition) is 0. The molecule has 0 spiro atoms. The molecule has 0 saturated carbocycles. The van der Waals surface area contributed by atoms with Gasteiger partial charge in [0.1, 0.15) is 5.75 Å². The van der Waals surface area contributed by atoms with Gasteiger partial charge in [-0.25, -0.2) is 0 Å². The maximum absolute atomic E-state index is 5.50. The molecule has 0 aliphatic carbocycles. The van der Waals surface area contributed by atoms with Gasteiger partial charge in [0, 0.05) is 33.7 Å². The summed E-state index contributed by atoms with van der Waals surface area (Å²) in [6.07, 6.45) is 2.86. The van der Waals surface area contributed by atoms with Crippen molar-refractivity contribution < 1.29 is 4.74 Å². The van der Waals surface area contributed by atoms with Crippen LogP contribution in [0.2, 0.25) is 0 Å². The van der Waals surface area contributed by atoms with E-state index in [9.17, 15) is 0 Å². The Morgan fingerprint density at radius 3 is 2.26 bits per heavy atom. The largest absolute Gasteiger partial charge is 0.496 e. The van der Waals surface area contributed by atoms with E-state index in [1.807, 2.05) is 13.1 Å². The van der Waals surface area contributed by atoms with E-state index >= 15 is 0 Å². The summed E-state index contributed by atoms with van der Waals surface area (Å²) >= 11 is 7.35. The molecule has 0 amide bonds. The number of aryl methyl sites for hydroxylation is 1. The first-order valence-corrected chi connectivity index (χ1v) is 8.77. The number of pyridine rings is 1. The van der Waals surface area contributed by atoms with E-state index in [2.05, 4.69) is 57.6 Å². The van der Waals surface area contributed by atoms with Gasteiger partial charge in [-0.05, 0) is 31.6 Å². The number of methoxy groups -OCH3 is 1. The van der Waals surface area contributed by atoms with E-state index in [0.29, 0.717) is 5.92 Å². The molecule has 1 aromatic rings. The lowest BCUT2D eigenvalue weighted by atomic mass is 9.76. The normalized spacial score (nSPS) is 12.0. The summed E-state index contributed by atoms with van der Waals surface area (Å²) in [7, 11) is 1.73. The zero-order valence-electron chi connectivity index (χ0n) is 12.4. The highest BCUT2D eigenvalue weighted by atomic mass is 79.9. The minimum absolute atomic E-state index is 0.179. The number of aromatic nitrogens is 1. The SMILES string of the molecule is COc1c(C)cnc(CC(CBr)(CBr)C(C)C)c1C. The molecular weight excluding hydrogens is 370 g/mol. The van der Waals surface area contributed by atoms with Crippen molar-refractivity contribution in [1.82, 2.24) is 4.98 Å². The van der Waals surface area contributed by atoms with Gasteiger partial charge in [-0.15, -0.1) is 0 Å². The van der Waals surface area contributed by atoms with Gasteiger partial charge in [0.05, 0.1) is 7.11 Å². The van der Waals surface area contributed by atoms with E-state index < -0.39 is 0 Å². The molecule has 1 aromatic heterocycles. The Hall–Kier alpha value is -0.0900. The van der Waals surface area contributed by atoms with Gasteiger partial charge in [0.15, 0.2) is 0 Å². The Morgan fingerprint density at radius 1 is 1.26 bits per heavy atom. The molecule has 0 atom stereocenters. The molecule has 0 radical (unpaired) electrons. The second-order valence-electron chi connectivity index (χ2n) is 5.51. The first kappa shape index (κ1) is 17.0. The Morgan fingerprint density at radius 2 is 1.84 bits per heavy atom. The molecule has 0 aromatic carbocycles. The summed E-state index contributed by atoms with van der Waals surface area (Å²) in [5.41, 5.74) is 3.57. The van der Waals surface area contributed by atoms with Crippen LogP contribution in [0.5, 0.6) is 5.75 Å². The summed E-state index contributed by atoms with van der Waals surface area (Å²) in [6, 6.07) is 0. The van der Waals surface area contributed by atoms with Crippen molar-refractivity contribution in [3.8, 4) is 5.75 Å². The molecule has 2 nitrogen and oxygen atoms in total. The van der Waals surface area contributed by atoms with Gasteiger partial charge in [-0.3, -0.25) is 4.98 Å². The molecule has 4 heteroatoms. The van der Waals surface area contributed by atoms with Gasteiger partial charge in [0.25, 0.3) is 0 Å². The number of halogens is 2. The molecule has 0 unspecified atom stereocenters. The molecule has 1 heterocycles. The second-order valence-corrected chi connectivity index (χ2v) is 6.63. The van der Waals surface area contributed by atoms with Crippen LogP contribution in [0.1, 0.15) is 30.7 Å². The minimum atomic E-state index is 0.179. The van der Waals surface area contributed by atoms with Crippen molar-refractivity contribution in [3.05, 3.63) is 23.0 Å². The Balaban J connectivity index is 3.18. The van der Waals surface area contributed by atoms with Crippen molar-refractivity contribution >= 4 is 31.9 Å². The Kier molecular flexibility index (Phi) is 6.31. The standard InChI is InChI=1S/C15H23Br2NO/c1-10(2)15(8-16,9-17)6-13-12(4)14(19-5)11(3)7-18-13/h7,10H,6,8-9H2,1-5H3. The van der Waals surface area contributed by atoms with Crippen molar-refractivity contribution in [2.75, 3.05) is 17.8 Å². The zero-order valence-corrected chi connectivity index (χ0v) is 15.6. The highest BCUT2D eigenvalue weighted by Crippen LogP contribution is 2.37. The first-order valence-electron chi connectivity index (χ1n) is 6.52. The second kappa shape index (κ2) is 7.07. The minimum Gasteiger partial charge on any atom is -0.496 e. The summed E-state index contributed by atoms with van der Waals surface area (Å²) in [4.78, 5) is 4.63. The maximum atomic E-state index is 5.50. The van der Waals surface area contributed by atoms with Crippen LogP contribution in [-0.2, 0) is 6.42 Å². The van der Waals surface area contributed by atoms with Gasteiger partial charge < -0.3 is 4.74 Å². The molecule has 108 valence electrons. The average molecular weight is 393 g/mol. The van der Waals surface area contributed by atoms with E-state index in [0.717, 1.165) is 39.7 Å². The van der Waals surface area contributed by atoms with Crippen LogP contribution >= 0.6 is 31.9 Å². The predicted octanol–water partition coefficient (Wildman–Crippen LogP) is 4.68. The van der Waals surface area contributed by atoms with Gasteiger partial charge in [-0.1, -0.05) is 45.7 Å². The van der Waals surface area contributed by atoms with Crippen molar-refractivity contribution in [2.45, 2.75) is 34.1 Å². The van der Waals surface area contributed by atoms with E-state index in [4.69, 9.17) is 4.74 Å². The van der Waals surface area contributed by atoms with Crippen LogP contribution in [0.3, 0.4) is 0 Å². The molecule has 0 aliphatic rings. The molecule has 0 fully saturated rings. The number of rotatable bonds is 6. The third kappa shape index (κ3) is 3.52. The third-order valence-corrected chi connectivity index (χ3v) is 6.26. The van der Waals surface area contributed by atoms with Crippen LogP contribution in [0.15, 0.2) is 6.20 Å². The van der Waals surface area contributed by atoms with E-state index in [1.165, 1.54) is 0 Å². The van der Waals surface area contributed by atoms with Gasteiger partial charge in [-0.2, -0.15) is 0 Å². The topological polar surface area (TPSA) is 22.1 Å². The van der Waals surface area contributed by atoms with Crippen molar-refractivity contribution in [2.24, 2.45) is 11.3 Å². The van der Waals surface area contributed by atoms with E-state index in [-0.39, 0.29) is 5.41 Å². The maximum Gasteiger partial charge on any atom is 0.128 e. The van der Waals surface area contributed by atoms with Crippen LogP contribution in [0, 0.1) is 25.2 Å². The molecule has 19 heavy (non-hydrogen) atoms. The van der Waals surface area contributed by atoms with Gasteiger partial charge in [0.2, 0.25) is 0 Å². The molecule has 0 N–H and O–H groups in total. The number of ether oxygens (including phenoxy) is 1.